The molecule has 0 aromatic carbocycles. The Bertz CT molecular complexity index is 364. The van der Waals surface area contributed by atoms with Crippen LogP contribution in [0.15, 0.2) is 0 Å². The van der Waals surface area contributed by atoms with Crippen LogP contribution in [0.3, 0.4) is 0 Å². The molecule has 0 aromatic rings. The molecule has 1 saturated heterocycles. The molecule has 2 fully saturated rings. The number of likely N-dealkylation sites (tertiary alicyclic amines) is 1. The summed E-state index contributed by atoms with van der Waals surface area (Å²) in [6.07, 6.45) is 2.07. The van der Waals surface area contributed by atoms with Gasteiger partial charge in [-0.1, -0.05) is 13.8 Å². The number of carboxylic acids is 1. The molecule has 0 spiro atoms. The second-order valence-corrected chi connectivity index (χ2v) is 5.80. The number of imide groups is 1. The number of hydrogen-bond acceptors (Lipinski definition) is 3. The Balaban J connectivity index is 2.22. The lowest BCUT2D eigenvalue weighted by Crippen LogP contribution is -2.54. The van der Waals surface area contributed by atoms with E-state index in [1.54, 1.807) is 0 Å². The van der Waals surface area contributed by atoms with Crippen molar-refractivity contribution < 1.29 is 19.5 Å². The van der Waals surface area contributed by atoms with E-state index in [4.69, 9.17) is 5.11 Å². The number of carbonyl (C=O) groups excluding carboxylic acids is 2. The van der Waals surface area contributed by atoms with Gasteiger partial charge in [-0.3, -0.25) is 14.5 Å². The Labute approximate surface area is 99.8 Å². The van der Waals surface area contributed by atoms with Crippen molar-refractivity contribution in [1.82, 2.24) is 4.90 Å². The van der Waals surface area contributed by atoms with Crippen LogP contribution in [0.1, 0.15) is 39.5 Å². The molecule has 1 unspecified atom stereocenters. The minimum atomic E-state index is -1.06. The molecule has 2 amide bonds. The van der Waals surface area contributed by atoms with Crippen LogP contribution in [-0.2, 0) is 14.4 Å². The van der Waals surface area contributed by atoms with Crippen LogP contribution in [0.25, 0.3) is 0 Å². The van der Waals surface area contributed by atoms with E-state index in [2.05, 4.69) is 0 Å². The normalized spacial score (nSPS) is 25.9. The van der Waals surface area contributed by atoms with Gasteiger partial charge >= 0.3 is 5.97 Å². The summed E-state index contributed by atoms with van der Waals surface area (Å²) in [7, 11) is 0. The summed E-state index contributed by atoms with van der Waals surface area (Å²) >= 11 is 0. The van der Waals surface area contributed by atoms with Crippen molar-refractivity contribution in [1.29, 1.82) is 0 Å². The number of carbonyl (C=O) groups is 3. The summed E-state index contributed by atoms with van der Waals surface area (Å²) in [5.74, 6) is -1.79. The standard InChI is InChI=1S/C12H17NO4/c1-12(2)5-8(14)13(9(15)6-12)10(11(16)17)7-3-4-7/h7,10H,3-6H2,1-2H3,(H,16,17). The highest BCUT2D eigenvalue weighted by Crippen LogP contribution is 2.39. The van der Waals surface area contributed by atoms with Crippen molar-refractivity contribution in [2.24, 2.45) is 11.3 Å². The van der Waals surface area contributed by atoms with Crippen molar-refractivity contribution in [2.75, 3.05) is 0 Å². The number of amides is 2. The molecule has 0 radical (unpaired) electrons. The van der Waals surface area contributed by atoms with Gasteiger partial charge in [-0.2, -0.15) is 0 Å². The van der Waals surface area contributed by atoms with E-state index >= 15 is 0 Å². The second kappa shape index (κ2) is 3.82. The fourth-order valence-corrected chi connectivity index (χ4v) is 2.44. The van der Waals surface area contributed by atoms with Crippen molar-refractivity contribution in [3.8, 4) is 0 Å². The molecule has 5 heteroatoms. The number of carboxylic acid groups (broad SMARTS) is 1. The predicted octanol–water partition coefficient (Wildman–Crippen LogP) is 1.02. The molecule has 1 atom stereocenters. The van der Waals surface area contributed by atoms with Gasteiger partial charge in [0.1, 0.15) is 6.04 Å². The molecular weight excluding hydrogens is 222 g/mol. The van der Waals surface area contributed by atoms with Gasteiger partial charge in [0, 0.05) is 12.8 Å². The SMILES string of the molecule is CC1(C)CC(=O)N(C(C(=O)O)C2CC2)C(=O)C1. The lowest BCUT2D eigenvalue weighted by Gasteiger charge is -2.37. The van der Waals surface area contributed by atoms with Crippen molar-refractivity contribution >= 4 is 17.8 Å². The van der Waals surface area contributed by atoms with E-state index in [0.717, 1.165) is 17.7 Å². The summed E-state index contributed by atoms with van der Waals surface area (Å²) in [6.45, 7) is 3.71. The number of nitrogens with zero attached hydrogens (tertiary/aromatic N) is 1. The molecule has 94 valence electrons. The Morgan fingerprint density at radius 3 is 2.12 bits per heavy atom. The maximum atomic E-state index is 11.9. The minimum Gasteiger partial charge on any atom is -0.480 e. The summed E-state index contributed by atoms with van der Waals surface area (Å²) in [5, 5.41) is 9.16. The summed E-state index contributed by atoms with van der Waals surface area (Å²) in [5.41, 5.74) is -0.350. The fourth-order valence-electron chi connectivity index (χ4n) is 2.44. The van der Waals surface area contributed by atoms with E-state index in [1.165, 1.54) is 0 Å². The largest absolute Gasteiger partial charge is 0.480 e. The molecule has 1 saturated carbocycles. The molecule has 0 aromatic heterocycles. The van der Waals surface area contributed by atoms with Crippen LogP contribution in [0, 0.1) is 11.3 Å². The summed E-state index contributed by atoms with van der Waals surface area (Å²) in [4.78, 5) is 36.1. The lowest BCUT2D eigenvalue weighted by molar-refractivity contribution is -0.164. The second-order valence-electron chi connectivity index (χ2n) is 5.80. The van der Waals surface area contributed by atoms with Crippen LogP contribution < -0.4 is 0 Å². The molecule has 2 rings (SSSR count). The van der Waals surface area contributed by atoms with E-state index in [9.17, 15) is 14.4 Å². The Kier molecular flexibility index (Phi) is 2.72. The molecule has 0 bridgehead atoms. The van der Waals surface area contributed by atoms with Gasteiger partial charge < -0.3 is 5.11 Å². The van der Waals surface area contributed by atoms with E-state index < -0.39 is 12.0 Å². The van der Waals surface area contributed by atoms with Crippen molar-refractivity contribution in [3.63, 3.8) is 0 Å². The number of hydrogen-bond donors (Lipinski definition) is 1. The first-order valence-electron chi connectivity index (χ1n) is 5.89. The molecule has 1 aliphatic heterocycles. The van der Waals surface area contributed by atoms with Crippen LogP contribution in [0.5, 0.6) is 0 Å². The third kappa shape index (κ3) is 2.33. The van der Waals surface area contributed by atoms with Crippen LogP contribution in [-0.4, -0.2) is 33.8 Å². The van der Waals surface area contributed by atoms with Gasteiger partial charge in [0.05, 0.1) is 0 Å². The number of aliphatic carboxylic acids is 1. The molecule has 1 aliphatic carbocycles. The zero-order chi connectivity index (χ0) is 12.8. The minimum absolute atomic E-state index is 0.0402. The molecule has 1 N–H and O–H groups in total. The summed E-state index contributed by atoms with van der Waals surface area (Å²) in [6, 6.07) is -0.939. The smallest absolute Gasteiger partial charge is 0.327 e. The first-order valence-corrected chi connectivity index (χ1v) is 5.89. The number of piperidine rings is 1. The first-order chi connectivity index (χ1) is 7.82. The topological polar surface area (TPSA) is 74.7 Å². The van der Waals surface area contributed by atoms with E-state index in [-0.39, 0.29) is 36.0 Å². The Morgan fingerprint density at radius 2 is 1.76 bits per heavy atom. The highest BCUT2D eigenvalue weighted by Gasteiger charge is 2.48. The van der Waals surface area contributed by atoms with Gasteiger partial charge in [-0.05, 0) is 24.2 Å². The highest BCUT2D eigenvalue weighted by atomic mass is 16.4. The molecule has 17 heavy (non-hydrogen) atoms. The van der Waals surface area contributed by atoms with E-state index in [0.29, 0.717) is 0 Å². The van der Waals surface area contributed by atoms with Gasteiger partial charge in [-0.25, -0.2) is 4.79 Å². The molecule has 2 aliphatic rings. The zero-order valence-electron chi connectivity index (χ0n) is 10.1. The van der Waals surface area contributed by atoms with Gasteiger partial charge in [0.2, 0.25) is 11.8 Å². The number of rotatable bonds is 3. The zero-order valence-corrected chi connectivity index (χ0v) is 10.1. The quantitative estimate of drug-likeness (QED) is 0.746. The van der Waals surface area contributed by atoms with Crippen LogP contribution in [0.2, 0.25) is 0 Å². The van der Waals surface area contributed by atoms with Crippen LogP contribution in [0.4, 0.5) is 0 Å². The molecule has 1 heterocycles. The maximum absolute atomic E-state index is 11.9. The van der Waals surface area contributed by atoms with Crippen molar-refractivity contribution in [2.45, 2.75) is 45.6 Å². The van der Waals surface area contributed by atoms with Gasteiger partial charge in [0.15, 0.2) is 0 Å². The summed E-state index contributed by atoms with van der Waals surface area (Å²) < 4.78 is 0. The third-order valence-electron chi connectivity index (χ3n) is 3.40. The predicted molar refractivity (Wildman–Crippen MR) is 59.0 cm³/mol. The first kappa shape index (κ1) is 12.1. The molecular formula is C12H17NO4. The molecule has 5 nitrogen and oxygen atoms in total. The average Bonchev–Trinajstić information content (AvgIpc) is 2.91. The van der Waals surface area contributed by atoms with Crippen LogP contribution >= 0.6 is 0 Å². The Hall–Kier alpha value is -1.39. The maximum Gasteiger partial charge on any atom is 0.327 e. The average molecular weight is 239 g/mol. The Morgan fingerprint density at radius 1 is 1.29 bits per heavy atom. The van der Waals surface area contributed by atoms with E-state index in [1.807, 2.05) is 13.8 Å². The van der Waals surface area contributed by atoms with Gasteiger partial charge in [-0.15, -0.1) is 0 Å². The lowest BCUT2D eigenvalue weighted by atomic mass is 9.81. The van der Waals surface area contributed by atoms with Crippen molar-refractivity contribution in [3.05, 3.63) is 0 Å². The monoisotopic (exact) mass is 239 g/mol. The third-order valence-corrected chi connectivity index (χ3v) is 3.40. The van der Waals surface area contributed by atoms with Gasteiger partial charge in [0.25, 0.3) is 0 Å². The fraction of sp³-hybridized carbons (Fsp3) is 0.750. The highest BCUT2D eigenvalue weighted by molar-refractivity contribution is 6.02.